The van der Waals surface area contributed by atoms with Crippen LogP contribution in [0.25, 0.3) is 0 Å². The molecule has 1 heterocycles. The number of anilines is 1. The zero-order valence-electron chi connectivity index (χ0n) is 10.6. The quantitative estimate of drug-likeness (QED) is 0.707. The molecule has 0 radical (unpaired) electrons. The molecule has 2 atom stereocenters. The summed E-state index contributed by atoms with van der Waals surface area (Å²) in [6, 6.07) is 2.27. The van der Waals surface area contributed by atoms with Crippen molar-refractivity contribution in [3.8, 4) is 0 Å². The lowest BCUT2D eigenvalue weighted by Crippen LogP contribution is -2.42. The van der Waals surface area contributed by atoms with Crippen LogP contribution in [0.2, 0.25) is 0 Å². The molecule has 0 bridgehead atoms. The molecule has 1 aromatic heterocycles. The van der Waals surface area contributed by atoms with Gasteiger partial charge in [-0.15, -0.1) is 0 Å². The summed E-state index contributed by atoms with van der Waals surface area (Å²) in [5.41, 5.74) is 5.49. The number of nitrogens with zero attached hydrogens (tertiary/aromatic N) is 1. The molecule has 1 fully saturated rings. The number of hydrogen-bond donors (Lipinski definition) is 3. The van der Waals surface area contributed by atoms with E-state index in [9.17, 15) is 13.5 Å². The molecule has 0 aromatic carbocycles. The lowest BCUT2D eigenvalue weighted by Gasteiger charge is -2.21. The molecule has 7 heteroatoms. The minimum atomic E-state index is -3.66. The molecule has 6 nitrogen and oxygen atoms in total. The Kier molecular flexibility index (Phi) is 4.38. The Morgan fingerprint density at radius 2 is 2.05 bits per heavy atom. The molecule has 0 saturated heterocycles. The Labute approximate surface area is 113 Å². The van der Waals surface area contributed by atoms with Crippen LogP contribution >= 0.6 is 0 Å². The topological polar surface area (TPSA) is 105 Å². The molecule has 106 valence electrons. The maximum Gasteiger partial charge on any atom is 0.241 e. The molecular weight excluding hydrogens is 266 g/mol. The fraction of sp³-hybridized carbons (Fsp3) is 0.583. The molecule has 1 aliphatic carbocycles. The zero-order valence-corrected chi connectivity index (χ0v) is 11.4. The van der Waals surface area contributed by atoms with E-state index < -0.39 is 22.2 Å². The predicted molar refractivity (Wildman–Crippen MR) is 71.9 cm³/mol. The first kappa shape index (κ1) is 14.2. The number of hydrogen-bond acceptors (Lipinski definition) is 5. The summed E-state index contributed by atoms with van der Waals surface area (Å²) >= 11 is 0. The van der Waals surface area contributed by atoms with Gasteiger partial charge in [0.05, 0.1) is 11.0 Å². The lowest BCUT2D eigenvalue weighted by molar-refractivity contribution is 0.130. The summed E-state index contributed by atoms with van der Waals surface area (Å²) in [6.07, 6.45) is 4.89. The second kappa shape index (κ2) is 5.85. The molecule has 0 amide bonds. The van der Waals surface area contributed by atoms with Crippen LogP contribution in [0.1, 0.15) is 32.1 Å². The predicted octanol–water partition coefficient (Wildman–Crippen LogP) is 0.636. The number of nitrogens with one attached hydrogen (secondary N) is 1. The van der Waals surface area contributed by atoms with Gasteiger partial charge in [-0.05, 0) is 18.9 Å². The van der Waals surface area contributed by atoms with Crippen LogP contribution in [0.4, 0.5) is 5.82 Å². The maximum absolute atomic E-state index is 12.2. The van der Waals surface area contributed by atoms with Crippen molar-refractivity contribution >= 4 is 15.8 Å². The number of aliphatic hydroxyl groups excluding tert-OH is 1. The van der Waals surface area contributed by atoms with E-state index in [4.69, 9.17) is 5.73 Å². The van der Waals surface area contributed by atoms with E-state index >= 15 is 0 Å². The Balaban J connectivity index is 2.16. The summed E-state index contributed by atoms with van der Waals surface area (Å²) in [5, 5.41) is 9.95. The van der Waals surface area contributed by atoms with Crippen LogP contribution < -0.4 is 10.5 Å². The van der Waals surface area contributed by atoms with Crippen molar-refractivity contribution < 1.29 is 13.5 Å². The van der Waals surface area contributed by atoms with Gasteiger partial charge in [-0.2, -0.15) is 0 Å². The van der Waals surface area contributed by atoms with Crippen LogP contribution in [-0.4, -0.2) is 30.7 Å². The first-order chi connectivity index (χ1) is 8.99. The molecule has 0 spiro atoms. The van der Waals surface area contributed by atoms with Crippen LogP contribution in [0.15, 0.2) is 23.2 Å². The van der Waals surface area contributed by atoms with E-state index in [0.29, 0.717) is 12.8 Å². The average Bonchev–Trinajstić information content (AvgIpc) is 2.55. The van der Waals surface area contributed by atoms with Crippen molar-refractivity contribution in [3.05, 3.63) is 18.3 Å². The van der Waals surface area contributed by atoms with Gasteiger partial charge in [0, 0.05) is 18.3 Å². The highest BCUT2D eigenvalue weighted by atomic mass is 32.2. The first-order valence-electron chi connectivity index (χ1n) is 6.41. The van der Waals surface area contributed by atoms with Crippen LogP contribution in [0, 0.1) is 0 Å². The van der Waals surface area contributed by atoms with Gasteiger partial charge >= 0.3 is 0 Å². The fourth-order valence-corrected chi connectivity index (χ4v) is 3.61. The van der Waals surface area contributed by atoms with Crippen molar-refractivity contribution in [2.24, 2.45) is 0 Å². The number of sulfonamides is 1. The van der Waals surface area contributed by atoms with Crippen molar-refractivity contribution in [1.29, 1.82) is 0 Å². The van der Waals surface area contributed by atoms with E-state index in [1.54, 1.807) is 0 Å². The molecule has 0 aliphatic heterocycles. The smallest absolute Gasteiger partial charge is 0.241 e. The largest absolute Gasteiger partial charge is 0.391 e. The zero-order chi connectivity index (χ0) is 13.9. The van der Waals surface area contributed by atoms with Crippen LogP contribution in [0.5, 0.6) is 0 Å². The summed E-state index contributed by atoms with van der Waals surface area (Å²) in [7, 11) is -3.66. The second-order valence-corrected chi connectivity index (χ2v) is 6.56. The normalized spacial score (nSPS) is 24.9. The molecule has 2 unspecified atom stereocenters. The Morgan fingerprint density at radius 3 is 2.79 bits per heavy atom. The maximum atomic E-state index is 12.2. The highest BCUT2D eigenvalue weighted by molar-refractivity contribution is 7.89. The van der Waals surface area contributed by atoms with Crippen molar-refractivity contribution in [3.63, 3.8) is 0 Å². The average molecular weight is 285 g/mol. The van der Waals surface area contributed by atoms with Gasteiger partial charge in [-0.25, -0.2) is 18.1 Å². The number of rotatable bonds is 3. The van der Waals surface area contributed by atoms with Gasteiger partial charge in [0.15, 0.2) is 0 Å². The molecule has 19 heavy (non-hydrogen) atoms. The number of nitrogens with two attached hydrogens (primary N) is 1. The lowest BCUT2D eigenvalue weighted by atomic mass is 10.1. The Hall–Kier alpha value is -1.18. The highest BCUT2D eigenvalue weighted by Gasteiger charge is 2.27. The monoisotopic (exact) mass is 285 g/mol. The third-order valence-corrected chi connectivity index (χ3v) is 4.84. The highest BCUT2D eigenvalue weighted by Crippen LogP contribution is 2.20. The van der Waals surface area contributed by atoms with E-state index in [1.165, 1.54) is 18.3 Å². The summed E-state index contributed by atoms with van der Waals surface area (Å²) in [5.74, 6) is 0.157. The van der Waals surface area contributed by atoms with E-state index in [0.717, 1.165) is 19.3 Å². The first-order valence-corrected chi connectivity index (χ1v) is 7.89. The van der Waals surface area contributed by atoms with Gasteiger partial charge in [0.25, 0.3) is 0 Å². The third kappa shape index (κ3) is 3.65. The Morgan fingerprint density at radius 1 is 1.32 bits per heavy atom. The number of aromatic nitrogens is 1. The fourth-order valence-electron chi connectivity index (χ4n) is 2.29. The van der Waals surface area contributed by atoms with Gasteiger partial charge in [-0.1, -0.05) is 19.3 Å². The summed E-state index contributed by atoms with van der Waals surface area (Å²) in [4.78, 5) is 3.85. The van der Waals surface area contributed by atoms with Crippen molar-refractivity contribution in [1.82, 2.24) is 9.71 Å². The molecule has 1 saturated carbocycles. The van der Waals surface area contributed by atoms with Gasteiger partial charge in [0.1, 0.15) is 5.82 Å². The molecule has 1 aromatic rings. The van der Waals surface area contributed by atoms with E-state index in [1.807, 2.05) is 0 Å². The van der Waals surface area contributed by atoms with Crippen LogP contribution in [0.3, 0.4) is 0 Å². The minimum absolute atomic E-state index is 0.0800. The molecule has 2 rings (SSSR count). The minimum Gasteiger partial charge on any atom is -0.391 e. The van der Waals surface area contributed by atoms with Crippen molar-refractivity contribution in [2.45, 2.75) is 49.1 Å². The van der Waals surface area contributed by atoms with Crippen molar-refractivity contribution in [2.75, 3.05) is 5.73 Å². The Bertz CT molecular complexity index is 533. The van der Waals surface area contributed by atoms with Gasteiger partial charge in [0.2, 0.25) is 10.0 Å². The molecular formula is C12H19N3O3S. The molecule has 4 N–H and O–H groups in total. The number of nitrogen functional groups attached to an aromatic ring is 1. The SMILES string of the molecule is Nc1cc(S(=O)(=O)NC2CCCCCC2O)ccn1. The van der Waals surface area contributed by atoms with Crippen LogP contribution in [-0.2, 0) is 10.0 Å². The standard InChI is InChI=1S/C12H19N3O3S/c13-12-8-9(6-7-14-12)19(17,18)15-10-4-2-1-3-5-11(10)16/h6-8,10-11,15-16H,1-5H2,(H2,13,14). The van der Waals surface area contributed by atoms with Gasteiger partial charge in [-0.3, -0.25) is 0 Å². The summed E-state index contributed by atoms with van der Waals surface area (Å²) < 4.78 is 27.0. The van der Waals surface area contributed by atoms with E-state index in [-0.39, 0.29) is 10.7 Å². The molecule has 1 aliphatic rings. The number of aliphatic hydroxyl groups is 1. The number of pyridine rings is 1. The third-order valence-electron chi connectivity index (χ3n) is 3.35. The van der Waals surface area contributed by atoms with Gasteiger partial charge < -0.3 is 10.8 Å². The summed E-state index contributed by atoms with van der Waals surface area (Å²) in [6.45, 7) is 0. The second-order valence-electron chi connectivity index (χ2n) is 4.85. The van der Waals surface area contributed by atoms with E-state index in [2.05, 4.69) is 9.71 Å².